The van der Waals surface area contributed by atoms with Gasteiger partial charge in [-0.3, -0.25) is 4.79 Å². The zero-order chi connectivity index (χ0) is 20.6. The number of hydrogen-bond donors (Lipinski definition) is 1. The van der Waals surface area contributed by atoms with Crippen LogP contribution < -0.4 is 14.8 Å². The second kappa shape index (κ2) is 9.70. The summed E-state index contributed by atoms with van der Waals surface area (Å²) in [5, 5.41) is 6.92. The van der Waals surface area contributed by atoms with Gasteiger partial charge in [-0.05, 0) is 36.8 Å². The first kappa shape index (κ1) is 20.3. The molecule has 8 nitrogen and oxygen atoms in total. The monoisotopic (exact) mass is 397 g/mol. The fraction of sp³-hybridized carbons (Fsp3) is 0.286. The van der Waals surface area contributed by atoms with Gasteiger partial charge in [0.2, 0.25) is 5.82 Å². The van der Waals surface area contributed by atoms with Crippen LogP contribution in [0.4, 0.5) is 0 Å². The minimum atomic E-state index is -0.206. The van der Waals surface area contributed by atoms with Crippen LogP contribution in [0.25, 0.3) is 22.8 Å². The molecule has 0 saturated carbocycles. The number of methoxy groups -OCH3 is 3. The summed E-state index contributed by atoms with van der Waals surface area (Å²) in [6, 6.07) is 12.5. The highest BCUT2D eigenvalue weighted by molar-refractivity contribution is 6.00. The molecule has 152 valence electrons. The van der Waals surface area contributed by atoms with E-state index in [1.165, 1.54) is 0 Å². The Morgan fingerprint density at radius 1 is 1.07 bits per heavy atom. The van der Waals surface area contributed by atoms with E-state index < -0.39 is 0 Å². The molecule has 8 heteroatoms. The molecular weight excluding hydrogens is 374 g/mol. The number of nitrogens with zero attached hydrogens (tertiary/aromatic N) is 2. The number of ether oxygens (including phenoxy) is 3. The van der Waals surface area contributed by atoms with Gasteiger partial charge in [-0.2, -0.15) is 4.98 Å². The van der Waals surface area contributed by atoms with Crippen LogP contribution in [0.2, 0.25) is 0 Å². The predicted octanol–water partition coefficient (Wildman–Crippen LogP) is 3.19. The van der Waals surface area contributed by atoms with Gasteiger partial charge in [-0.15, -0.1) is 0 Å². The van der Waals surface area contributed by atoms with Crippen molar-refractivity contribution in [1.82, 2.24) is 15.5 Å². The predicted molar refractivity (Wildman–Crippen MR) is 107 cm³/mol. The maximum atomic E-state index is 12.6. The lowest BCUT2D eigenvalue weighted by atomic mass is 10.1. The van der Waals surface area contributed by atoms with Gasteiger partial charge in [0, 0.05) is 25.8 Å². The first-order valence-corrected chi connectivity index (χ1v) is 9.10. The highest BCUT2D eigenvalue weighted by Crippen LogP contribution is 2.32. The number of hydrogen-bond acceptors (Lipinski definition) is 7. The molecule has 0 atom stereocenters. The molecule has 1 N–H and O–H groups in total. The number of amides is 1. The van der Waals surface area contributed by atoms with E-state index in [0.717, 1.165) is 6.42 Å². The highest BCUT2D eigenvalue weighted by atomic mass is 16.5. The number of rotatable bonds is 9. The molecule has 3 rings (SSSR count). The number of nitrogens with one attached hydrogen (secondary N) is 1. The van der Waals surface area contributed by atoms with Crippen molar-refractivity contribution in [2.75, 3.05) is 34.5 Å². The molecule has 1 heterocycles. The first-order chi connectivity index (χ1) is 14.2. The molecule has 0 unspecified atom stereocenters. The van der Waals surface area contributed by atoms with E-state index in [9.17, 15) is 4.79 Å². The quantitative estimate of drug-likeness (QED) is 0.554. The maximum Gasteiger partial charge on any atom is 0.259 e. The van der Waals surface area contributed by atoms with Crippen LogP contribution >= 0.6 is 0 Å². The average molecular weight is 397 g/mol. The van der Waals surface area contributed by atoms with Gasteiger partial charge in [0.25, 0.3) is 11.8 Å². The molecule has 0 aliphatic heterocycles. The van der Waals surface area contributed by atoms with E-state index in [1.807, 2.05) is 12.1 Å². The van der Waals surface area contributed by atoms with Gasteiger partial charge in [0.1, 0.15) is 0 Å². The van der Waals surface area contributed by atoms with Gasteiger partial charge < -0.3 is 24.1 Å². The van der Waals surface area contributed by atoms with Crippen LogP contribution in [0, 0.1) is 0 Å². The van der Waals surface area contributed by atoms with Gasteiger partial charge in [0.15, 0.2) is 11.5 Å². The summed E-state index contributed by atoms with van der Waals surface area (Å²) in [6.45, 7) is 1.10. The van der Waals surface area contributed by atoms with Crippen molar-refractivity contribution in [2.24, 2.45) is 0 Å². The smallest absolute Gasteiger partial charge is 0.259 e. The molecule has 3 aromatic rings. The average Bonchev–Trinajstić information content (AvgIpc) is 3.26. The molecular formula is C21H23N3O5. The van der Waals surface area contributed by atoms with Crippen LogP contribution in [0.1, 0.15) is 16.8 Å². The number of carbonyl (C=O) groups excluding carboxylic acids is 1. The Bertz CT molecular complexity index is 970. The number of benzene rings is 2. The Morgan fingerprint density at radius 3 is 2.62 bits per heavy atom. The summed E-state index contributed by atoms with van der Waals surface area (Å²) in [7, 11) is 4.76. The normalized spacial score (nSPS) is 10.6. The molecule has 1 aromatic heterocycles. The van der Waals surface area contributed by atoms with Crippen molar-refractivity contribution in [1.29, 1.82) is 0 Å². The van der Waals surface area contributed by atoms with Gasteiger partial charge in [-0.1, -0.05) is 17.3 Å². The molecule has 0 radical (unpaired) electrons. The van der Waals surface area contributed by atoms with Gasteiger partial charge >= 0.3 is 0 Å². The zero-order valence-electron chi connectivity index (χ0n) is 16.6. The van der Waals surface area contributed by atoms with Crippen molar-refractivity contribution in [2.45, 2.75) is 6.42 Å². The van der Waals surface area contributed by atoms with Crippen molar-refractivity contribution in [3.8, 4) is 34.3 Å². The molecule has 0 fully saturated rings. The zero-order valence-corrected chi connectivity index (χ0v) is 16.6. The summed E-state index contributed by atoms with van der Waals surface area (Å²) >= 11 is 0. The molecule has 0 bridgehead atoms. The van der Waals surface area contributed by atoms with Crippen LogP contribution in [-0.4, -0.2) is 50.5 Å². The summed E-state index contributed by atoms with van der Waals surface area (Å²) in [5.41, 5.74) is 1.74. The largest absolute Gasteiger partial charge is 0.493 e. The Kier molecular flexibility index (Phi) is 6.80. The van der Waals surface area contributed by atoms with Crippen LogP contribution in [0.5, 0.6) is 11.5 Å². The SMILES string of the molecule is COCCCNC(=O)c1ccccc1-c1nc(-c2ccc(OC)c(OC)c2)no1. The molecule has 0 aliphatic rings. The minimum absolute atomic E-state index is 0.206. The van der Waals surface area contributed by atoms with E-state index in [2.05, 4.69) is 15.5 Å². The summed E-state index contributed by atoms with van der Waals surface area (Å²) in [4.78, 5) is 17.0. The lowest BCUT2D eigenvalue weighted by Crippen LogP contribution is -2.25. The van der Waals surface area contributed by atoms with Crippen LogP contribution in [-0.2, 0) is 4.74 Å². The van der Waals surface area contributed by atoms with E-state index in [1.54, 1.807) is 51.7 Å². The Balaban J connectivity index is 1.85. The molecule has 2 aromatic carbocycles. The van der Waals surface area contributed by atoms with E-state index in [-0.39, 0.29) is 11.8 Å². The summed E-state index contributed by atoms with van der Waals surface area (Å²) in [5.74, 6) is 1.61. The minimum Gasteiger partial charge on any atom is -0.493 e. The lowest BCUT2D eigenvalue weighted by molar-refractivity contribution is 0.0949. The first-order valence-electron chi connectivity index (χ1n) is 9.10. The van der Waals surface area contributed by atoms with Crippen LogP contribution in [0.3, 0.4) is 0 Å². The van der Waals surface area contributed by atoms with E-state index in [4.69, 9.17) is 18.7 Å². The molecule has 29 heavy (non-hydrogen) atoms. The lowest BCUT2D eigenvalue weighted by Gasteiger charge is -2.08. The summed E-state index contributed by atoms with van der Waals surface area (Å²) in [6.07, 6.45) is 0.731. The second-order valence-electron chi connectivity index (χ2n) is 6.14. The molecule has 0 aliphatic carbocycles. The van der Waals surface area contributed by atoms with Crippen molar-refractivity contribution < 1.29 is 23.5 Å². The third kappa shape index (κ3) is 4.72. The maximum absolute atomic E-state index is 12.6. The van der Waals surface area contributed by atoms with Crippen molar-refractivity contribution >= 4 is 5.91 Å². The second-order valence-corrected chi connectivity index (χ2v) is 6.14. The van der Waals surface area contributed by atoms with E-state index in [0.29, 0.717) is 47.2 Å². The molecule has 0 spiro atoms. The standard InChI is InChI=1S/C21H23N3O5/c1-26-12-6-11-22-20(25)15-7-4-5-8-16(15)21-23-19(24-29-21)14-9-10-17(27-2)18(13-14)28-3/h4-5,7-10,13H,6,11-12H2,1-3H3,(H,22,25). The third-order valence-corrected chi connectivity index (χ3v) is 4.28. The Hall–Kier alpha value is -3.39. The Morgan fingerprint density at radius 2 is 1.86 bits per heavy atom. The van der Waals surface area contributed by atoms with Crippen molar-refractivity contribution in [3.05, 3.63) is 48.0 Å². The number of aromatic nitrogens is 2. The summed E-state index contributed by atoms with van der Waals surface area (Å²) < 4.78 is 21.0. The number of carbonyl (C=O) groups is 1. The van der Waals surface area contributed by atoms with E-state index >= 15 is 0 Å². The highest BCUT2D eigenvalue weighted by Gasteiger charge is 2.18. The van der Waals surface area contributed by atoms with Crippen molar-refractivity contribution in [3.63, 3.8) is 0 Å². The topological polar surface area (TPSA) is 95.7 Å². The molecule has 0 saturated heterocycles. The fourth-order valence-electron chi connectivity index (χ4n) is 2.81. The van der Waals surface area contributed by atoms with Crippen LogP contribution in [0.15, 0.2) is 47.0 Å². The Labute approximate surface area is 168 Å². The van der Waals surface area contributed by atoms with Gasteiger partial charge in [0.05, 0.1) is 25.3 Å². The molecule has 1 amide bonds. The van der Waals surface area contributed by atoms with Gasteiger partial charge in [-0.25, -0.2) is 0 Å². The third-order valence-electron chi connectivity index (χ3n) is 4.28. The fourth-order valence-corrected chi connectivity index (χ4v) is 2.81.